The monoisotopic (exact) mass is 247 g/mol. The van der Waals surface area contributed by atoms with Gasteiger partial charge < -0.3 is 5.11 Å². The van der Waals surface area contributed by atoms with Gasteiger partial charge in [0.05, 0.1) is 10.5 Å². The minimum Gasteiger partial charge on any atom is -0.506 e. The summed E-state index contributed by atoms with van der Waals surface area (Å²) in [7, 11) is 0. The van der Waals surface area contributed by atoms with E-state index in [9.17, 15) is 5.11 Å². The van der Waals surface area contributed by atoms with Crippen molar-refractivity contribution in [3.8, 4) is 5.75 Å². The van der Waals surface area contributed by atoms with Gasteiger partial charge in [-0.15, -0.1) is 0 Å². The zero-order valence-corrected chi connectivity index (χ0v) is 9.03. The molecule has 0 amide bonds. The van der Waals surface area contributed by atoms with Crippen molar-refractivity contribution < 1.29 is 5.11 Å². The van der Waals surface area contributed by atoms with E-state index in [0.29, 0.717) is 15.9 Å². The number of pyridine rings is 1. The van der Waals surface area contributed by atoms with Gasteiger partial charge in [0.2, 0.25) is 0 Å². The van der Waals surface area contributed by atoms with Crippen LogP contribution in [0.25, 0.3) is 10.9 Å². The van der Waals surface area contributed by atoms with Crippen molar-refractivity contribution in [3.05, 3.63) is 33.4 Å². The van der Waals surface area contributed by atoms with Crippen LogP contribution >= 0.6 is 34.8 Å². The summed E-state index contributed by atoms with van der Waals surface area (Å²) in [6, 6.07) is 4.63. The standard InChI is InChI=1S/C9H4Cl3NO/c10-5-3-7(11)13-9-4(5)1-2-6(14)8(9)12/h1-3,14H. The lowest BCUT2D eigenvalue weighted by atomic mass is 10.2. The van der Waals surface area contributed by atoms with Crippen molar-refractivity contribution in [2.75, 3.05) is 0 Å². The summed E-state index contributed by atoms with van der Waals surface area (Å²) >= 11 is 17.5. The number of phenols is 1. The van der Waals surface area contributed by atoms with E-state index in [1.165, 1.54) is 12.1 Å². The van der Waals surface area contributed by atoms with Gasteiger partial charge in [0, 0.05) is 5.39 Å². The van der Waals surface area contributed by atoms with Crippen LogP contribution in [-0.2, 0) is 0 Å². The van der Waals surface area contributed by atoms with Crippen molar-refractivity contribution in [1.82, 2.24) is 4.98 Å². The van der Waals surface area contributed by atoms with Crippen LogP contribution in [0.4, 0.5) is 0 Å². The number of aromatic nitrogens is 1. The summed E-state index contributed by atoms with van der Waals surface area (Å²) in [6.07, 6.45) is 0. The molecule has 0 aliphatic heterocycles. The van der Waals surface area contributed by atoms with Crippen molar-refractivity contribution in [2.45, 2.75) is 0 Å². The summed E-state index contributed by atoms with van der Waals surface area (Å²) < 4.78 is 0. The van der Waals surface area contributed by atoms with E-state index < -0.39 is 0 Å². The van der Waals surface area contributed by atoms with Crippen molar-refractivity contribution in [1.29, 1.82) is 0 Å². The second-order valence-electron chi connectivity index (χ2n) is 2.72. The van der Waals surface area contributed by atoms with Gasteiger partial charge in [-0.1, -0.05) is 34.8 Å². The highest BCUT2D eigenvalue weighted by Gasteiger charge is 2.09. The number of phenolic OH excluding ortho intramolecular Hbond substituents is 1. The van der Waals surface area contributed by atoms with Crippen molar-refractivity contribution in [3.63, 3.8) is 0 Å². The zero-order chi connectivity index (χ0) is 10.3. The van der Waals surface area contributed by atoms with Crippen LogP contribution in [0, 0.1) is 0 Å². The van der Waals surface area contributed by atoms with Crippen LogP contribution in [0.2, 0.25) is 15.2 Å². The van der Waals surface area contributed by atoms with Crippen LogP contribution in [0.3, 0.4) is 0 Å². The summed E-state index contributed by atoms with van der Waals surface area (Å²) in [5.74, 6) is -0.0370. The molecule has 2 aromatic rings. The SMILES string of the molecule is Oc1ccc2c(Cl)cc(Cl)nc2c1Cl. The molecule has 0 spiro atoms. The second-order valence-corrected chi connectivity index (χ2v) is 3.89. The van der Waals surface area contributed by atoms with Gasteiger partial charge in [-0.05, 0) is 18.2 Å². The van der Waals surface area contributed by atoms with Crippen LogP contribution in [-0.4, -0.2) is 10.1 Å². The Morgan fingerprint density at radius 2 is 1.86 bits per heavy atom. The molecule has 1 heterocycles. The third kappa shape index (κ3) is 1.50. The molecule has 1 aromatic carbocycles. The highest BCUT2D eigenvalue weighted by molar-refractivity contribution is 6.41. The Labute approximate surface area is 95.0 Å². The molecule has 0 saturated heterocycles. The Kier molecular flexibility index (Phi) is 2.43. The van der Waals surface area contributed by atoms with E-state index in [1.807, 2.05) is 0 Å². The largest absolute Gasteiger partial charge is 0.506 e. The van der Waals surface area contributed by atoms with E-state index in [1.54, 1.807) is 6.07 Å². The minimum absolute atomic E-state index is 0.0370. The Bertz CT molecular complexity index is 513. The normalized spacial score (nSPS) is 10.8. The highest BCUT2D eigenvalue weighted by Crippen LogP contribution is 2.34. The molecule has 0 radical (unpaired) electrons. The third-order valence-corrected chi connectivity index (χ3v) is 2.70. The van der Waals surface area contributed by atoms with Gasteiger partial charge in [-0.3, -0.25) is 0 Å². The molecule has 0 aliphatic carbocycles. The molecule has 14 heavy (non-hydrogen) atoms. The molecule has 0 unspecified atom stereocenters. The summed E-state index contributed by atoms with van der Waals surface area (Å²) in [5, 5.41) is 10.9. The molecule has 1 N–H and O–H groups in total. The molecule has 0 saturated carbocycles. The number of halogens is 3. The van der Waals surface area contributed by atoms with Gasteiger partial charge in [0.15, 0.2) is 0 Å². The lowest BCUT2D eigenvalue weighted by molar-refractivity contribution is 0.476. The van der Waals surface area contributed by atoms with Crippen molar-refractivity contribution in [2.24, 2.45) is 0 Å². The van der Waals surface area contributed by atoms with E-state index in [4.69, 9.17) is 34.8 Å². The number of hydrogen-bond acceptors (Lipinski definition) is 2. The maximum absolute atomic E-state index is 9.34. The fourth-order valence-electron chi connectivity index (χ4n) is 1.18. The first-order chi connectivity index (χ1) is 6.59. The first kappa shape index (κ1) is 9.84. The predicted molar refractivity (Wildman–Crippen MR) is 58.4 cm³/mol. The Morgan fingerprint density at radius 3 is 2.57 bits per heavy atom. The van der Waals surface area contributed by atoms with E-state index >= 15 is 0 Å². The maximum Gasteiger partial charge on any atom is 0.136 e. The molecule has 1 aromatic heterocycles. The Hall–Kier alpha value is -0.700. The lowest BCUT2D eigenvalue weighted by Gasteiger charge is -2.04. The fraction of sp³-hybridized carbons (Fsp3) is 0. The van der Waals surface area contributed by atoms with Gasteiger partial charge in [-0.2, -0.15) is 0 Å². The van der Waals surface area contributed by atoms with Gasteiger partial charge in [0.25, 0.3) is 0 Å². The topological polar surface area (TPSA) is 33.1 Å². The molecule has 0 aliphatic rings. The third-order valence-electron chi connectivity index (χ3n) is 1.82. The quantitative estimate of drug-likeness (QED) is 0.717. The number of benzene rings is 1. The van der Waals surface area contributed by atoms with E-state index in [0.717, 1.165) is 0 Å². The number of hydrogen-bond donors (Lipinski definition) is 1. The first-order valence-electron chi connectivity index (χ1n) is 3.73. The molecule has 5 heteroatoms. The number of nitrogens with zero attached hydrogens (tertiary/aromatic N) is 1. The second kappa shape index (κ2) is 3.46. The minimum atomic E-state index is -0.0370. The number of fused-ring (bicyclic) bond motifs is 1. The lowest BCUT2D eigenvalue weighted by Crippen LogP contribution is -1.83. The van der Waals surface area contributed by atoms with Gasteiger partial charge in [-0.25, -0.2) is 4.98 Å². The van der Waals surface area contributed by atoms with Crippen LogP contribution in [0.1, 0.15) is 0 Å². The molecule has 0 atom stereocenters. The molecule has 2 nitrogen and oxygen atoms in total. The molecule has 0 bridgehead atoms. The average molecular weight is 248 g/mol. The van der Waals surface area contributed by atoms with Crippen molar-refractivity contribution >= 4 is 45.7 Å². The van der Waals surface area contributed by atoms with Crippen LogP contribution < -0.4 is 0 Å². The molecule has 0 fully saturated rings. The Balaban J connectivity index is 2.95. The summed E-state index contributed by atoms with van der Waals surface area (Å²) in [4.78, 5) is 3.99. The van der Waals surface area contributed by atoms with Crippen LogP contribution in [0.15, 0.2) is 18.2 Å². The smallest absolute Gasteiger partial charge is 0.136 e. The van der Waals surface area contributed by atoms with E-state index in [2.05, 4.69) is 4.98 Å². The number of rotatable bonds is 0. The predicted octanol–water partition coefficient (Wildman–Crippen LogP) is 3.90. The highest BCUT2D eigenvalue weighted by atomic mass is 35.5. The summed E-state index contributed by atoms with van der Waals surface area (Å²) in [6.45, 7) is 0. The molecular weight excluding hydrogens is 244 g/mol. The zero-order valence-electron chi connectivity index (χ0n) is 6.76. The van der Waals surface area contributed by atoms with Gasteiger partial charge in [0.1, 0.15) is 15.9 Å². The number of aromatic hydroxyl groups is 1. The molecule has 2 rings (SSSR count). The van der Waals surface area contributed by atoms with Crippen LogP contribution in [0.5, 0.6) is 5.75 Å². The first-order valence-corrected chi connectivity index (χ1v) is 4.86. The maximum atomic E-state index is 9.34. The fourth-order valence-corrected chi connectivity index (χ4v) is 1.89. The Morgan fingerprint density at radius 1 is 1.14 bits per heavy atom. The average Bonchev–Trinajstić information content (AvgIpc) is 2.12. The molecule has 72 valence electrons. The summed E-state index contributed by atoms with van der Waals surface area (Å²) in [5.41, 5.74) is 0.407. The van der Waals surface area contributed by atoms with Gasteiger partial charge >= 0.3 is 0 Å². The van der Waals surface area contributed by atoms with E-state index in [-0.39, 0.29) is 15.9 Å². The molecular formula is C9H4Cl3NO.